The van der Waals surface area contributed by atoms with Crippen molar-refractivity contribution in [3.63, 3.8) is 0 Å². The van der Waals surface area contributed by atoms with Crippen LogP contribution in [0.2, 0.25) is 0 Å². The Morgan fingerprint density at radius 2 is 1.92 bits per heavy atom. The zero-order valence-electron chi connectivity index (χ0n) is 8.30. The van der Waals surface area contributed by atoms with E-state index in [0.717, 1.165) is 4.32 Å². The third-order valence-electron chi connectivity index (χ3n) is 1.34. The van der Waals surface area contributed by atoms with Gasteiger partial charge in [-0.1, -0.05) is 43.7 Å². The van der Waals surface area contributed by atoms with Gasteiger partial charge in [0, 0.05) is 39.3 Å². The van der Waals surface area contributed by atoms with E-state index in [1.54, 1.807) is 11.8 Å². The summed E-state index contributed by atoms with van der Waals surface area (Å²) in [6.07, 6.45) is 3.90. The first-order valence-electron chi connectivity index (χ1n) is 4.02. The normalized spacial score (nSPS) is 8.92. The molecule has 0 aliphatic heterocycles. The van der Waals surface area contributed by atoms with E-state index >= 15 is 0 Å². The molecule has 0 aromatic heterocycles. The Balaban J connectivity index is 0. The Morgan fingerprint density at radius 1 is 1.33 bits per heavy atom. The fourth-order valence-corrected chi connectivity index (χ4v) is 1.67. The minimum absolute atomic E-state index is 0. The number of hydrogen-bond donors (Lipinski definition) is 0. The predicted molar refractivity (Wildman–Crippen MR) is 58.3 cm³/mol. The van der Waals surface area contributed by atoms with E-state index < -0.39 is 0 Å². The largest absolute Gasteiger partial charge is 0.364 e. The molecule has 0 amide bonds. The summed E-state index contributed by atoms with van der Waals surface area (Å²) >= 11 is 6.90. The molecule has 0 aromatic rings. The van der Waals surface area contributed by atoms with Gasteiger partial charge in [-0.2, -0.15) is 0 Å². The Labute approximate surface area is 98.4 Å². The van der Waals surface area contributed by atoms with Crippen LogP contribution < -0.4 is 0 Å². The molecule has 0 bridgehead atoms. The molecule has 0 rings (SSSR count). The van der Waals surface area contributed by atoms with Crippen LogP contribution in [0.3, 0.4) is 0 Å². The molecule has 12 heavy (non-hydrogen) atoms. The molecule has 0 saturated carbocycles. The van der Waals surface area contributed by atoms with Crippen molar-refractivity contribution < 1.29 is 19.5 Å². The Kier molecular flexibility index (Phi) is 12.7. The number of thiocarbonyl (C=S) groups is 1. The quantitative estimate of drug-likeness (QED) is 0.433. The van der Waals surface area contributed by atoms with E-state index in [1.165, 1.54) is 25.0 Å². The average molecular weight is 257 g/mol. The SMILES string of the molecule is CCCCCSC(=S)N(C)C.[Zn]. The number of nitrogens with zero attached hydrogens (tertiary/aromatic N) is 1. The summed E-state index contributed by atoms with van der Waals surface area (Å²) in [5.74, 6) is 1.17. The molecule has 1 nitrogen and oxygen atoms in total. The monoisotopic (exact) mass is 255 g/mol. The first-order chi connectivity index (χ1) is 5.18. The maximum atomic E-state index is 5.12. The third-order valence-corrected chi connectivity index (χ3v) is 3.16. The standard InChI is InChI=1S/C8H17NS2.Zn/c1-4-5-6-7-11-8(10)9(2)3;/h4-7H2,1-3H3;. The fraction of sp³-hybridized carbons (Fsp3) is 0.875. The van der Waals surface area contributed by atoms with Crippen molar-refractivity contribution in [2.24, 2.45) is 0 Å². The molecule has 0 spiro atoms. The Morgan fingerprint density at radius 3 is 2.33 bits per heavy atom. The average Bonchev–Trinajstić information content (AvgIpc) is 1.97. The summed E-state index contributed by atoms with van der Waals surface area (Å²) < 4.78 is 1.00. The molecular formula is C8H17NS2Zn. The molecule has 0 aromatic carbocycles. The Bertz CT molecular complexity index is 118. The third kappa shape index (κ3) is 8.96. The molecular weight excluding hydrogens is 240 g/mol. The molecule has 0 radical (unpaired) electrons. The van der Waals surface area contributed by atoms with E-state index in [0.29, 0.717) is 0 Å². The maximum Gasteiger partial charge on any atom is 0.135 e. The second-order valence-electron chi connectivity index (χ2n) is 2.72. The van der Waals surface area contributed by atoms with Crippen LogP contribution in [0.5, 0.6) is 0 Å². The second-order valence-corrected chi connectivity index (χ2v) is 4.44. The van der Waals surface area contributed by atoms with Gasteiger partial charge in [-0.15, -0.1) is 0 Å². The van der Waals surface area contributed by atoms with Crippen molar-refractivity contribution in [3.8, 4) is 0 Å². The van der Waals surface area contributed by atoms with Gasteiger partial charge in [0.2, 0.25) is 0 Å². The molecule has 0 fully saturated rings. The van der Waals surface area contributed by atoms with Gasteiger partial charge in [0.25, 0.3) is 0 Å². The van der Waals surface area contributed by atoms with Crippen molar-refractivity contribution in [2.75, 3.05) is 19.8 Å². The Hall–Kier alpha value is 0.863. The van der Waals surface area contributed by atoms with Gasteiger partial charge in [0.15, 0.2) is 0 Å². The zero-order valence-corrected chi connectivity index (χ0v) is 12.9. The van der Waals surface area contributed by atoms with E-state index in [2.05, 4.69) is 6.92 Å². The van der Waals surface area contributed by atoms with Crippen LogP contribution in [0.15, 0.2) is 0 Å². The summed E-state index contributed by atoms with van der Waals surface area (Å²) in [7, 11) is 3.99. The maximum absolute atomic E-state index is 5.12. The van der Waals surface area contributed by atoms with Gasteiger partial charge >= 0.3 is 0 Å². The first kappa shape index (κ1) is 15.3. The molecule has 0 aliphatic rings. The summed E-state index contributed by atoms with van der Waals surface area (Å²) in [5.41, 5.74) is 0. The van der Waals surface area contributed by atoms with Crippen molar-refractivity contribution in [3.05, 3.63) is 0 Å². The van der Waals surface area contributed by atoms with Crippen LogP contribution in [0.4, 0.5) is 0 Å². The van der Waals surface area contributed by atoms with E-state index in [4.69, 9.17) is 12.2 Å². The van der Waals surface area contributed by atoms with Crippen LogP contribution in [0.25, 0.3) is 0 Å². The van der Waals surface area contributed by atoms with E-state index in [9.17, 15) is 0 Å². The fourth-order valence-electron chi connectivity index (χ4n) is 0.641. The smallest absolute Gasteiger partial charge is 0.135 e. The van der Waals surface area contributed by atoms with Crippen LogP contribution in [-0.2, 0) is 19.5 Å². The van der Waals surface area contributed by atoms with Crippen LogP contribution in [-0.4, -0.2) is 29.1 Å². The molecule has 0 atom stereocenters. The van der Waals surface area contributed by atoms with Crippen LogP contribution in [0.1, 0.15) is 26.2 Å². The van der Waals surface area contributed by atoms with Crippen molar-refractivity contribution in [1.29, 1.82) is 0 Å². The minimum Gasteiger partial charge on any atom is -0.364 e. The minimum atomic E-state index is 0. The van der Waals surface area contributed by atoms with Crippen molar-refractivity contribution >= 4 is 28.3 Å². The summed E-state index contributed by atoms with van der Waals surface area (Å²) in [6, 6.07) is 0. The van der Waals surface area contributed by atoms with E-state index in [1.807, 2.05) is 19.0 Å². The predicted octanol–water partition coefficient (Wildman–Crippen LogP) is 2.75. The number of hydrogen-bond acceptors (Lipinski definition) is 2. The topological polar surface area (TPSA) is 3.24 Å². The molecule has 4 heteroatoms. The van der Waals surface area contributed by atoms with Gasteiger partial charge < -0.3 is 4.90 Å². The van der Waals surface area contributed by atoms with Gasteiger partial charge in [0.05, 0.1) is 0 Å². The van der Waals surface area contributed by atoms with Crippen LogP contribution >= 0.6 is 24.0 Å². The number of rotatable bonds is 4. The van der Waals surface area contributed by atoms with Crippen molar-refractivity contribution in [1.82, 2.24) is 4.90 Å². The van der Waals surface area contributed by atoms with Gasteiger partial charge in [-0.05, 0) is 6.42 Å². The van der Waals surface area contributed by atoms with Crippen molar-refractivity contribution in [2.45, 2.75) is 26.2 Å². The van der Waals surface area contributed by atoms with Gasteiger partial charge in [-0.3, -0.25) is 0 Å². The summed E-state index contributed by atoms with van der Waals surface area (Å²) in [5, 5.41) is 0. The molecule has 0 unspecified atom stereocenters. The molecule has 68 valence electrons. The van der Waals surface area contributed by atoms with Gasteiger partial charge in [0.1, 0.15) is 4.32 Å². The molecule has 0 saturated heterocycles. The van der Waals surface area contributed by atoms with Gasteiger partial charge in [-0.25, -0.2) is 0 Å². The molecule has 0 aliphatic carbocycles. The molecule has 0 N–H and O–H groups in total. The van der Waals surface area contributed by atoms with Crippen LogP contribution in [0, 0.1) is 0 Å². The summed E-state index contributed by atoms with van der Waals surface area (Å²) in [6.45, 7) is 2.22. The zero-order chi connectivity index (χ0) is 8.69. The number of unbranched alkanes of at least 4 members (excludes halogenated alkanes) is 2. The number of thioether (sulfide) groups is 1. The second kappa shape index (κ2) is 9.95. The summed E-state index contributed by atoms with van der Waals surface area (Å²) in [4.78, 5) is 1.99. The van der Waals surface area contributed by atoms with E-state index in [-0.39, 0.29) is 19.5 Å². The first-order valence-corrected chi connectivity index (χ1v) is 5.42. The molecule has 0 heterocycles.